The number of nitrogens with zero attached hydrogens (tertiary/aromatic N) is 1. The number of aromatic nitrogens is 2. The quantitative estimate of drug-likeness (QED) is 0.826. The molecule has 1 aromatic carbocycles. The summed E-state index contributed by atoms with van der Waals surface area (Å²) in [6.07, 6.45) is 0. The Kier molecular flexibility index (Phi) is 2.92. The van der Waals surface area contributed by atoms with Crippen LogP contribution in [0.5, 0.6) is 0 Å². The van der Waals surface area contributed by atoms with E-state index in [1.807, 2.05) is 6.07 Å². The summed E-state index contributed by atoms with van der Waals surface area (Å²) in [5, 5.41) is 10.7. The van der Waals surface area contributed by atoms with E-state index in [4.69, 9.17) is 0 Å². The Morgan fingerprint density at radius 2 is 1.76 bits per heavy atom. The molecule has 0 fully saturated rings. The van der Waals surface area contributed by atoms with Crippen LogP contribution in [0.25, 0.3) is 11.3 Å². The van der Waals surface area contributed by atoms with E-state index in [0.29, 0.717) is 0 Å². The fourth-order valence-electron chi connectivity index (χ4n) is 1.65. The fourth-order valence-corrected chi connectivity index (χ4v) is 1.65. The Morgan fingerprint density at radius 1 is 1.12 bits per heavy atom. The third-order valence-electron chi connectivity index (χ3n) is 2.44. The van der Waals surface area contributed by atoms with Gasteiger partial charge in [0.05, 0.1) is 5.69 Å². The van der Waals surface area contributed by atoms with Gasteiger partial charge in [-0.1, -0.05) is 29.8 Å². The molecule has 0 spiro atoms. The first-order chi connectivity index (χ1) is 7.94. The Morgan fingerprint density at radius 3 is 2.35 bits per heavy atom. The third-order valence-corrected chi connectivity index (χ3v) is 2.44. The molecule has 0 aliphatic rings. The highest BCUT2D eigenvalue weighted by atomic mass is 15.2. The van der Waals surface area contributed by atoms with Gasteiger partial charge in [-0.3, -0.25) is 5.10 Å². The lowest BCUT2D eigenvalue weighted by Gasteiger charge is -2.19. The summed E-state index contributed by atoms with van der Waals surface area (Å²) in [6.45, 7) is 8.44. The summed E-state index contributed by atoms with van der Waals surface area (Å²) in [4.78, 5) is 0. The predicted molar refractivity (Wildman–Crippen MR) is 72.1 cm³/mol. The lowest BCUT2D eigenvalue weighted by molar-refractivity contribution is 0.630. The van der Waals surface area contributed by atoms with E-state index < -0.39 is 0 Å². The summed E-state index contributed by atoms with van der Waals surface area (Å²) in [6, 6.07) is 10.4. The number of aryl methyl sites for hydroxylation is 1. The Balaban J connectivity index is 2.21. The fraction of sp³-hybridized carbons (Fsp3) is 0.357. The predicted octanol–water partition coefficient (Wildman–Crippen LogP) is 3.60. The third kappa shape index (κ3) is 3.09. The average molecular weight is 229 g/mol. The van der Waals surface area contributed by atoms with Gasteiger partial charge in [0.2, 0.25) is 0 Å². The number of H-pyrrole nitrogens is 1. The van der Waals surface area contributed by atoms with Gasteiger partial charge in [0.15, 0.2) is 0 Å². The van der Waals surface area contributed by atoms with Gasteiger partial charge in [-0.05, 0) is 33.3 Å². The highest BCUT2D eigenvalue weighted by molar-refractivity contribution is 5.63. The maximum absolute atomic E-state index is 4.26. The Bertz CT molecular complexity index is 489. The monoisotopic (exact) mass is 229 g/mol. The van der Waals surface area contributed by atoms with E-state index in [1.54, 1.807) is 0 Å². The zero-order chi connectivity index (χ0) is 12.5. The van der Waals surface area contributed by atoms with E-state index >= 15 is 0 Å². The van der Waals surface area contributed by atoms with E-state index in [1.165, 1.54) is 5.56 Å². The molecule has 0 aliphatic heterocycles. The Hall–Kier alpha value is -1.77. The molecule has 0 aliphatic carbocycles. The van der Waals surface area contributed by atoms with Crippen molar-refractivity contribution >= 4 is 5.82 Å². The number of rotatable bonds is 2. The summed E-state index contributed by atoms with van der Waals surface area (Å²) >= 11 is 0. The average Bonchev–Trinajstić information content (AvgIpc) is 2.64. The minimum absolute atomic E-state index is 0.0275. The van der Waals surface area contributed by atoms with Gasteiger partial charge in [0.1, 0.15) is 5.82 Å². The highest BCUT2D eigenvalue weighted by Gasteiger charge is 2.11. The van der Waals surface area contributed by atoms with Crippen LogP contribution in [0.1, 0.15) is 26.3 Å². The molecule has 3 nitrogen and oxygen atoms in total. The summed E-state index contributed by atoms with van der Waals surface area (Å²) in [5.74, 6) is 0.882. The second kappa shape index (κ2) is 4.24. The molecule has 0 saturated heterocycles. The lowest BCUT2D eigenvalue weighted by atomic mass is 10.1. The topological polar surface area (TPSA) is 40.7 Å². The normalized spacial score (nSPS) is 11.5. The van der Waals surface area contributed by atoms with Crippen molar-refractivity contribution in [1.29, 1.82) is 0 Å². The molecule has 0 amide bonds. The van der Waals surface area contributed by atoms with Crippen molar-refractivity contribution in [3.05, 3.63) is 35.9 Å². The molecule has 3 heteroatoms. The second-order valence-corrected chi connectivity index (χ2v) is 5.41. The van der Waals surface area contributed by atoms with Crippen LogP contribution >= 0.6 is 0 Å². The molecule has 2 N–H and O–H groups in total. The smallest absolute Gasteiger partial charge is 0.148 e. The van der Waals surface area contributed by atoms with Crippen LogP contribution in [0.2, 0.25) is 0 Å². The maximum Gasteiger partial charge on any atom is 0.148 e. The van der Waals surface area contributed by atoms with E-state index in [0.717, 1.165) is 17.1 Å². The standard InChI is InChI=1S/C14H19N3/c1-10-5-7-11(8-6-10)12-9-13(17-16-12)15-14(2,3)4/h5-9H,1-4H3,(H2,15,16,17). The summed E-state index contributed by atoms with van der Waals surface area (Å²) < 4.78 is 0. The SMILES string of the molecule is Cc1ccc(-c2cc(NC(C)(C)C)n[nH]2)cc1. The van der Waals surface area contributed by atoms with Gasteiger partial charge >= 0.3 is 0 Å². The van der Waals surface area contributed by atoms with Crippen molar-refractivity contribution in [2.24, 2.45) is 0 Å². The molecular formula is C14H19N3. The number of anilines is 1. The summed E-state index contributed by atoms with van der Waals surface area (Å²) in [7, 11) is 0. The van der Waals surface area contributed by atoms with Crippen LogP contribution in [0.4, 0.5) is 5.82 Å². The van der Waals surface area contributed by atoms with Crippen molar-refractivity contribution in [3.8, 4) is 11.3 Å². The number of hydrogen-bond donors (Lipinski definition) is 2. The molecular weight excluding hydrogens is 210 g/mol. The molecule has 0 unspecified atom stereocenters. The van der Waals surface area contributed by atoms with Crippen LogP contribution in [-0.4, -0.2) is 15.7 Å². The zero-order valence-corrected chi connectivity index (χ0v) is 10.8. The van der Waals surface area contributed by atoms with Crippen LogP contribution in [-0.2, 0) is 0 Å². The van der Waals surface area contributed by atoms with Crippen molar-refractivity contribution in [3.63, 3.8) is 0 Å². The molecule has 1 aromatic heterocycles. The minimum atomic E-state index is 0.0275. The molecule has 17 heavy (non-hydrogen) atoms. The first-order valence-corrected chi connectivity index (χ1v) is 5.85. The molecule has 2 rings (SSSR count). The van der Waals surface area contributed by atoms with E-state index in [9.17, 15) is 0 Å². The van der Waals surface area contributed by atoms with Crippen molar-refractivity contribution in [2.75, 3.05) is 5.32 Å². The van der Waals surface area contributed by atoms with Gasteiger partial charge < -0.3 is 5.32 Å². The van der Waals surface area contributed by atoms with Gasteiger partial charge in [0, 0.05) is 11.6 Å². The largest absolute Gasteiger partial charge is 0.364 e. The van der Waals surface area contributed by atoms with Crippen molar-refractivity contribution < 1.29 is 0 Å². The molecule has 1 heterocycles. The molecule has 0 atom stereocenters. The number of benzene rings is 1. The summed E-state index contributed by atoms with van der Waals surface area (Å²) in [5.41, 5.74) is 3.49. The van der Waals surface area contributed by atoms with Gasteiger partial charge in [-0.15, -0.1) is 0 Å². The number of hydrogen-bond acceptors (Lipinski definition) is 2. The number of aromatic amines is 1. The first kappa shape index (κ1) is 11.7. The molecule has 90 valence electrons. The van der Waals surface area contributed by atoms with Crippen LogP contribution < -0.4 is 5.32 Å². The number of nitrogens with one attached hydrogen (secondary N) is 2. The van der Waals surface area contributed by atoms with Gasteiger partial charge in [-0.25, -0.2) is 0 Å². The second-order valence-electron chi connectivity index (χ2n) is 5.41. The first-order valence-electron chi connectivity index (χ1n) is 5.85. The van der Waals surface area contributed by atoms with Crippen LogP contribution in [0.15, 0.2) is 30.3 Å². The highest BCUT2D eigenvalue weighted by Crippen LogP contribution is 2.21. The van der Waals surface area contributed by atoms with E-state index in [2.05, 4.69) is 67.5 Å². The van der Waals surface area contributed by atoms with Crippen molar-refractivity contribution in [2.45, 2.75) is 33.2 Å². The molecule has 0 saturated carbocycles. The van der Waals surface area contributed by atoms with E-state index in [-0.39, 0.29) is 5.54 Å². The minimum Gasteiger partial charge on any atom is -0.364 e. The zero-order valence-electron chi connectivity index (χ0n) is 10.8. The van der Waals surface area contributed by atoms with Crippen LogP contribution in [0.3, 0.4) is 0 Å². The Labute approximate surface area is 102 Å². The molecule has 2 aromatic rings. The maximum atomic E-state index is 4.26. The lowest BCUT2D eigenvalue weighted by Crippen LogP contribution is -2.26. The van der Waals surface area contributed by atoms with Gasteiger partial charge in [0.25, 0.3) is 0 Å². The van der Waals surface area contributed by atoms with Crippen molar-refractivity contribution in [1.82, 2.24) is 10.2 Å². The van der Waals surface area contributed by atoms with Gasteiger partial charge in [-0.2, -0.15) is 5.10 Å². The van der Waals surface area contributed by atoms with Crippen LogP contribution in [0, 0.1) is 6.92 Å². The molecule has 0 bridgehead atoms. The molecule has 0 radical (unpaired) electrons.